The van der Waals surface area contributed by atoms with Crippen LogP contribution in [-0.4, -0.2) is 59.4 Å². The van der Waals surface area contributed by atoms with Crippen LogP contribution in [0.3, 0.4) is 0 Å². The van der Waals surface area contributed by atoms with Gasteiger partial charge in [-0.1, -0.05) is 11.6 Å². The van der Waals surface area contributed by atoms with Gasteiger partial charge >= 0.3 is 0 Å². The fraction of sp³-hybridized carbons (Fsp3) is 0.435. The van der Waals surface area contributed by atoms with Crippen molar-refractivity contribution in [3.05, 3.63) is 58.9 Å². The fourth-order valence-corrected chi connectivity index (χ4v) is 4.11. The average molecular weight is 428 g/mol. The van der Waals surface area contributed by atoms with Crippen LogP contribution in [0.1, 0.15) is 46.4 Å². The molecular formula is C23H26ClN3O3. The molecule has 4 rings (SSSR count). The Morgan fingerprint density at radius 1 is 0.900 bits per heavy atom. The Kier molecular flexibility index (Phi) is 6.53. The zero-order valence-corrected chi connectivity index (χ0v) is 17.7. The molecule has 30 heavy (non-hydrogen) atoms. The summed E-state index contributed by atoms with van der Waals surface area (Å²) >= 11 is 5.79. The van der Waals surface area contributed by atoms with Crippen molar-refractivity contribution < 1.29 is 14.3 Å². The zero-order chi connectivity index (χ0) is 20.9. The van der Waals surface area contributed by atoms with Crippen LogP contribution in [0.2, 0.25) is 5.15 Å². The Labute approximate surface area is 181 Å². The third-order valence-corrected chi connectivity index (χ3v) is 6.08. The normalized spacial score (nSPS) is 17.2. The molecule has 0 bridgehead atoms. The van der Waals surface area contributed by atoms with Gasteiger partial charge in [0.2, 0.25) is 0 Å². The molecule has 1 aromatic heterocycles. The number of nitrogens with zero attached hydrogens (tertiary/aromatic N) is 3. The summed E-state index contributed by atoms with van der Waals surface area (Å²) in [6.45, 7) is 3.74. The first kappa shape index (κ1) is 20.7. The van der Waals surface area contributed by atoms with Gasteiger partial charge in [0.15, 0.2) is 0 Å². The number of pyridine rings is 1. The summed E-state index contributed by atoms with van der Waals surface area (Å²) < 4.78 is 5.95. The standard InChI is InChI=1S/C23H26ClN3O3/c24-21-8-5-19(15-25-21)23(29)27-13-9-17(10-14-27)16-30-20-6-3-18(4-7-20)22(28)26-11-1-2-12-26/h3-8,15,17H,1-2,9-14,16H2. The molecule has 158 valence electrons. The van der Waals surface area contributed by atoms with Gasteiger partial charge in [0.05, 0.1) is 12.2 Å². The number of piperidine rings is 1. The van der Waals surface area contributed by atoms with E-state index < -0.39 is 0 Å². The number of likely N-dealkylation sites (tertiary alicyclic amines) is 2. The highest BCUT2D eigenvalue weighted by Gasteiger charge is 2.24. The van der Waals surface area contributed by atoms with Crippen LogP contribution in [0.5, 0.6) is 5.75 Å². The van der Waals surface area contributed by atoms with Crippen LogP contribution in [0, 0.1) is 5.92 Å². The molecule has 0 spiro atoms. The third-order valence-electron chi connectivity index (χ3n) is 5.86. The Balaban J connectivity index is 1.23. The molecule has 2 aromatic rings. The summed E-state index contributed by atoms with van der Waals surface area (Å²) in [5.74, 6) is 1.28. The number of hydrogen-bond donors (Lipinski definition) is 0. The van der Waals surface area contributed by atoms with Crippen molar-refractivity contribution in [3.63, 3.8) is 0 Å². The predicted octanol–water partition coefficient (Wildman–Crippen LogP) is 3.90. The summed E-state index contributed by atoms with van der Waals surface area (Å²) in [6, 6.07) is 10.8. The quantitative estimate of drug-likeness (QED) is 0.679. The third kappa shape index (κ3) is 4.93. The van der Waals surface area contributed by atoms with Gasteiger partial charge in [-0.05, 0) is 68.0 Å². The smallest absolute Gasteiger partial charge is 0.255 e. The molecule has 0 radical (unpaired) electrons. The van der Waals surface area contributed by atoms with Gasteiger partial charge in [-0.2, -0.15) is 0 Å². The molecule has 2 saturated heterocycles. The zero-order valence-electron chi connectivity index (χ0n) is 16.9. The van der Waals surface area contributed by atoms with Crippen LogP contribution >= 0.6 is 11.6 Å². The van der Waals surface area contributed by atoms with Crippen molar-refractivity contribution in [3.8, 4) is 5.75 Å². The fourth-order valence-electron chi connectivity index (χ4n) is 4.00. The number of benzene rings is 1. The molecule has 2 aliphatic rings. The molecule has 0 atom stereocenters. The minimum atomic E-state index is -0.00297. The van der Waals surface area contributed by atoms with E-state index in [1.54, 1.807) is 12.1 Å². The summed E-state index contributed by atoms with van der Waals surface area (Å²) in [7, 11) is 0. The maximum absolute atomic E-state index is 12.6. The molecule has 0 N–H and O–H groups in total. The van der Waals surface area contributed by atoms with E-state index in [4.69, 9.17) is 16.3 Å². The van der Waals surface area contributed by atoms with Crippen LogP contribution in [-0.2, 0) is 0 Å². The highest BCUT2D eigenvalue weighted by molar-refractivity contribution is 6.29. The summed E-state index contributed by atoms with van der Waals surface area (Å²) in [4.78, 5) is 32.7. The summed E-state index contributed by atoms with van der Waals surface area (Å²) in [5, 5.41) is 0.385. The Bertz CT molecular complexity index is 872. The Hall–Kier alpha value is -2.60. The molecule has 6 nitrogen and oxygen atoms in total. The second kappa shape index (κ2) is 9.47. The monoisotopic (exact) mass is 427 g/mol. The first-order valence-electron chi connectivity index (χ1n) is 10.5. The lowest BCUT2D eigenvalue weighted by molar-refractivity contribution is 0.0660. The number of carbonyl (C=O) groups is 2. The minimum absolute atomic E-state index is 0.00297. The Morgan fingerprint density at radius 3 is 2.13 bits per heavy atom. The van der Waals surface area contributed by atoms with Gasteiger partial charge in [-0.15, -0.1) is 0 Å². The van der Waals surface area contributed by atoms with Crippen molar-refractivity contribution in [2.45, 2.75) is 25.7 Å². The van der Waals surface area contributed by atoms with Crippen molar-refractivity contribution in [1.29, 1.82) is 0 Å². The number of rotatable bonds is 5. The molecule has 7 heteroatoms. The Morgan fingerprint density at radius 2 is 1.50 bits per heavy atom. The summed E-state index contributed by atoms with van der Waals surface area (Å²) in [6.07, 6.45) is 5.51. The van der Waals surface area contributed by atoms with Gasteiger partial charge in [0.25, 0.3) is 11.8 Å². The van der Waals surface area contributed by atoms with Crippen LogP contribution < -0.4 is 4.74 Å². The van der Waals surface area contributed by atoms with Crippen molar-refractivity contribution in [2.75, 3.05) is 32.8 Å². The van der Waals surface area contributed by atoms with Crippen molar-refractivity contribution in [2.24, 2.45) is 5.92 Å². The molecule has 0 aliphatic carbocycles. The maximum Gasteiger partial charge on any atom is 0.255 e. The van der Waals surface area contributed by atoms with E-state index in [1.807, 2.05) is 34.1 Å². The lowest BCUT2D eigenvalue weighted by Gasteiger charge is -2.32. The van der Waals surface area contributed by atoms with Crippen LogP contribution in [0.25, 0.3) is 0 Å². The van der Waals surface area contributed by atoms with E-state index in [0.717, 1.165) is 44.5 Å². The van der Waals surface area contributed by atoms with E-state index in [-0.39, 0.29) is 11.8 Å². The topological polar surface area (TPSA) is 62.7 Å². The highest BCUT2D eigenvalue weighted by atomic mass is 35.5. The lowest BCUT2D eigenvalue weighted by atomic mass is 9.97. The van der Waals surface area contributed by atoms with E-state index in [2.05, 4.69) is 4.98 Å². The predicted molar refractivity (Wildman–Crippen MR) is 115 cm³/mol. The van der Waals surface area contributed by atoms with Gasteiger partial charge in [-0.25, -0.2) is 4.98 Å². The molecule has 0 unspecified atom stereocenters. The first-order chi connectivity index (χ1) is 14.6. The molecule has 2 fully saturated rings. The molecular weight excluding hydrogens is 402 g/mol. The number of amides is 2. The number of halogens is 1. The van der Waals surface area contributed by atoms with Gasteiger partial charge < -0.3 is 14.5 Å². The highest BCUT2D eigenvalue weighted by Crippen LogP contribution is 2.22. The second-order valence-electron chi connectivity index (χ2n) is 7.94. The van der Waals surface area contributed by atoms with E-state index in [9.17, 15) is 9.59 Å². The van der Waals surface area contributed by atoms with Crippen molar-refractivity contribution >= 4 is 23.4 Å². The van der Waals surface area contributed by atoms with E-state index >= 15 is 0 Å². The number of carbonyl (C=O) groups excluding carboxylic acids is 2. The summed E-state index contributed by atoms with van der Waals surface area (Å²) in [5.41, 5.74) is 1.28. The van der Waals surface area contributed by atoms with Gasteiger partial charge in [0, 0.05) is 37.9 Å². The van der Waals surface area contributed by atoms with E-state index in [1.165, 1.54) is 6.20 Å². The number of hydrogen-bond acceptors (Lipinski definition) is 4. The lowest BCUT2D eigenvalue weighted by Crippen LogP contribution is -2.39. The van der Waals surface area contributed by atoms with Crippen molar-refractivity contribution in [1.82, 2.24) is 14.8 Å². The minimum Gasteiger partial charge on any atom is -0.493 e. The van der Waals surface area contributed by atoms with Crippen LogP contribution in [0.4, 0.5) is 0 Å². The molecule has 3 heterocycles. The molecule has 2 aliphatic heterocycles. The first-order valence-corrected chi connectivity index (χ1v) is 10.9. The average Bonchev–Trinajstić information content (AvgIpc) is 3.33. The van der Waals surface area contributed by atoms with Gasteiger partial charge in [0.1, 0.15) is 10.9 Å². The maximum atomic E-state index is 12.6. The largest absolute Gasteiger partial charge is 0.493 e. The molecule has 0 saturated carbocycles. The van der Waals surface area contributed by atoms with E-state index in [0.29, 0.717) is 41.9 Å². The van der Waals surface area contributed by atoms with Gasteiger partial charge in [-0.3, -0.25) is 9.59 Å². The SMILES string of the molecule is O=C(c1ccc(OCC2CCN(C(=O)c3ccc(Cl)nc3)CC2)cc1)N1CCCC1. The second-order valence-corrected chi connectivity index (χ2v) is 8.33. The molecule has 1 aromatic carbocycles. The number of ether oxygens (including phenoxy) is 1. The number of aromatic nitrogens is 1. The molecule has 2 amide bonds. The van der Waals surface area contributed by atoms with Crippen LogP contribution in [0.15, 0.2) is 42.6 Å².